The average Bonchev–Trinajstić information content (AvgIpc) is 2.52. The van der Waals surface area contributed by atoms with Gasteiger partial charge in [0, 0.05) is 13.2 Å². The van der Waals surface area contributed by atoms with Gasteiger partial charge in [-0.1, -0.05) is 0 Å². The van der Waals surface area contributed by atoms with Gasteiger partial charge < -0.3 is 9.64 Å². The van der Waals surface area contributed by atoms with Crippen LogP contribution in [0, 0.1) is 5.82 Å². The summed E-state index contributed by atoms with van der Waals surface area (Å²) in [7, 11) is 2.62. The predicted octanol–water partition coefficient (Wildman–Crippen LogP) is 3.52. The minimum absolute atomic E-state index is 0.0933. The number of alkyl halides is 3. The third kappa shape index (κ3) is 3.41. The molecule has 2 aromatic rings. The lowest BCUT2D eigenvalue weighted by Gasteiger charge is -2.20. The van der Waals surface area contributed by atoms with E-state index < -0.39 is 29.0 Å². The van der Waals surface area contributed by atoms with Gasteiger partial charge in [0.05, 0.1) is 18.2 Å². The van der Waals surface area contributed by atoms with Gasteiger partial charge in [-0.25, -0.2) is 9.37 Å². The minimum atomic E-state index is -4.67. The summed E-state index contributed by atoms with van der Waals surface area (Å²) in [6.07, 6.45) is -3.25. The monoisotopic (exact) mass is 328 g/mol. The minimum Gasteiger partial charge on any atom is -0.480 e. The topological polar surface area (TPSA) is 42.4 Å². The number of hydrogen-bond donors (Lipinski definition) is 0. The Kier molecular flexibility index (Phi) is 4.53. The van der Waals surface area contributed by atoms with Crippen LogP contribution >= 0.6 is 0 Å². The molecule has 0 saturated heterocycles. The van der Waals surface area contributed by atoms with E-state index in [-0.39, 0.29) is 11.6 Å². The first-order valence-corrected chi connectivity index (χ1v) is 6.39. The first-order chi connectivity index (χ1) is 10.8. The Balaban J connectivity index is 2.44. The van der Waals surface area contributed by atoms with Crippen molar-refractivity contribution in [2.24, 2.45) is 0 Å². The van der Waals surface area contributed by atoms with Crippen LogP contribution in [0.4, 0.5) is 23.2 Å². The average molecular weight is 328 g/mol. The molecule has 1 amide bonds. The smallest absolute Gasteiger partial charge is 0.416 e. The number of hydrogen-bond acceptors (Lipinski definition) is 3. The predicted molar refractivity (Wildman–Crippen MR) is 74.9 cm³/mol. The maximum absolute atomic E-state index is 13.8. The van der Waals surface area contributed by atoms with Gasteiger partial charge in [0.1, 0.15) is 11.5 Å². The number of carbonyl (C=O) groups is 1. The molecule has 4 nitrogen and oxygen atoms in total. The zero-order chi connectivity index (χ0) is 17.2. The van der Waals surface area contributed by atoms with E-state index in [1.807, 2.05) is 0 Å². The van der Waals surface area contributed by atoms with Crippen molar-refractivity contribution < 1.29 is 27.1 Å². The van der Waals surface area contributed by atoms with E-state index in [9.17, 15) is 22.4 Å². The number of nitrogens with zero attached hydrogens (tertiary/aromatic N) is 2. The maximum Gasteiger partial charge on any atom is 0.416 e. The number of methoxy groups -OCH3 is 1. The molecule has 0 N–H and O–H groups in total. The lowest BCUT2D eigenvalue weighted by molar-refractivity contribution is -0.137. The highest BCUT2D eigenvalue weighted by Gasteiger charge is 2.32. The summed E-state index contributed by atoms with van der Waals surface area (Å²) in [5.41, 5.74) is -1.58. The van der Waals surface area contributed by atoms with Crippen molar-refractivity contribution in [1.29, 1.82) is 0 Å². The van der Waals surface area contributed by atoms with Crippen molar-refractivity contribution in [1.82, 2.24) is 4.98 Å². The van der Waals surface area contributed by atoms with Crippen molar-refractivity contribution in [2.75, 3.05) is 19.1 Å². The van der Waals surface area contributed by atoms with Crippen LogP contribution in [0.3, 0.4) is 0 Å². The fraction of sp³-hybridized carbons (Fsp3) is 0.200. The number of benzene rings is 1. The third-order valence-corrected chi connectivity index (χ3v) is 3.13. The molecule has 2 rings (SSSR count). The molecule has 0 aliphatic heterocycles. The van der Waals surface area contributed by atoms with E-state index in [0.717, 1.165) is 4.90 Å². The third-order valence-electron chi connectivity index (χ3n) is 3.13. The highest BCUT2D eigenvalue weighted by Crippen LogP contribution is 2.31. The SMILES string of the molecule is COc1ncccc1N(C)C(=O)c1cc(C(F)(F)F)ccc1F. The van der Waals surface area contributed by atoms with Gasteiger partial charge in [0.15, 0.2) is 0 Å². The van der Waals surface area contributed by atoms with E-state index in [2.05, 4.69) is 4.98 Å². The molecule has 0 aliphatic rings. The number of aromatic nitrogens is 1. The van der Waals surface area contributed by atoms with Gasteiger partial charge in [-0.15, -0.1) is 0 Å². The first kappa shape index (κ1) is 16.7. The summed E-state index contributed by atoms with van der Waals surface area (Å²) < 4.78 is 57.0. The number of carbonyl (C=O) groups excluding carboxylic acids is 1. The summed E-state index contributed by atoms with van der Waals surface area (Å²) in [6.45, 7) is 0. The van der Waals surface area contributed by atoms with Crippen LogP contribution in [0.15, 0.2) is 36.5 Å². The highest BCUT2D eigenvalue weighted by molar-refractivity contribution is 6.06. The number of anilines is 1. The Morgan fingerprint density at radius 3 is 2.57 bits per heavy atom. The Labute approximate surface area is 129 Å². The van der Waals surface area contributed by atoms with Crippen LogP contribution in [-0.2, 0) is 6.18 Å². The normalized spacial score (nSPS) is 11.2. The molecule has 0 aliphatic carbocycles. The van der Waals surface area contributed by atoms with Crippen molar-refractivity contribution in [3.63, 3.8) is 0 Å². The zero-order valence-corrected chi connectivity index (χ0v) is 12.2. The van der Waals surface area contributed by atoms with E-state index >= 15 is 0 Å². The van der Waals surface area contributed by atoms with E-state index in [1.165, 1.54) is 32.5 Å². The first-order valence-electron chi connectivity index (χ1n) is 6.39. The molecular formula is C15H12F4N2O2. The summed E-state index contributed by atoms with van der Waals surface area (Å²) in [6, 6.07) is 4.68. The van der Waals surface area contributed by atoms with E-state index in [0.29, 0.717) is 18.2 Å². The molecular weight excluding hydrogens is 316 g/mol. The molecule has 0 unspecified atom stereocenters. The summed E-state index contributed by atoms with van der Waals surface area (Å²) in [5, 5.41) is 0. The Morgan fingerprint density at radius 2 is 1.96 bits per heavy atom. The largest absolute Gasteiger partial charge is 0.480 e. The molecule has 8 heteroatoms. The highest BCUT2D eigenvalue weighted by atomic mass is 19.4. The Bertz CT molecular complexity index is 732. The fourth-order valence-corrected chi connectivity index (χ4v) is 1.95. The quantitative estimate of drug-likeness (QED) is 0.810. The van der Waals surface area contributed by atoms with E-state index in [1.54, 1.807) is 0 Å². The molecule has 1 heterocycles. The number of amides is 1. The van der Waals surface area contributed by atoms with Gasteiger partial charge in [0.25, 0.3) is 5.91 Å². The lowest BCUT2D eigenvalue weighted by atomic mass is 10.1. The van der Waals surface area contributed by atoms with Crippen LogP contribution in [-0.4, -0.2) is 25.0 Å². The molecule has 0 radical (unpaired) electrons. The number of halogens is 4. The molecule has 1 aromatic carbocycles. The summed E-state index contributed by atoms with van der Waals surface area (Å²) in [4.78, 5) is 17.2. The van der Waals surface area contributed by atoms with Crippen molar-refractivity contribution in [3.8, 4) is 5.88 Å². The molecule has 0 bridgehead atoms. The fourth-order valence-electron chi connectivity index (χ4n) is 1.95. The molecule has 1 aromatic heterocycles. The number of ether oxygens (including phenoxy) is 1. The molecule has 0 atom stereocenters. The molecule has 23 heavy (non-hydrogen) atoms. The van der Waals surface area contributed by atoms with Gasteiger partial charge in [0.2, 0.25) is 5.88 Å². The zero-order valence-electron chi connectivity index (χ0n) is 12.2. The second-order valence-corrected chi connectivity index (χ2v) is 4.59. The molecule has 0 saturated carbocycles. The molecule has 0 spiro atoms. The van der Waals surface area contributed by atoms with Crippen LogP contribution in [0.1, 0.15) is 15.9 Å². The van der Waals surface area contributed by atoms with Gasteiger partial charge >= 0.3 is 6.18 Å². The maximum atomic E-state index is 13.8. The number of rotatable bonds is 3. The van der Waals surface area contributed by atoms with E-state index in [4.69, 9.17) is 4.74 Å². The van der Waals surface area contributed by atoms with Gasteiger partial charge in [-0.05, 0) is 30.3 Å². The Hall–Kier alpha value is -2.64. The molecule has 0 fully saturated rings. The summed E-state index contributed by atoms with van der Waals surface area (Å²) >= 11 is 0. The van der Waals surface area contributed by atoms with Crippen LogP contribution < -0.4 is 9.64 Å². The molecule has 122 valence electrons. The van der Waals surface area contributed by atoms with Crippen molar-refractivity contribution >= 4 is 11.6 Å². The lowest BCUT2D eigenvalue weighted by Crippen LogP contribution is -2.28. The Morgan fingerprint density at radius 1 is 1.26 bits per heavy atom. The van der Waals surface area contributed by atoms with Crippen molar-refractivity contribution in [3.05, 3.63) is 53.5 Å². The second-order valence-electron chi connectivity index (χ2n) is 4.59. The van der Waals surface area contributed by atoms with Gasteiger partial charge in [-0.2, -0.15) is 13.2 Å². The number of pyridine rings is 1. The van der Waals surface area contributed by atoms with Crippen LogP contribution in [0.25, 0.3) is 0 Å². The standard InChI is InChI=1S/C15H12F4N2O2/c1-21(12-4-3-7-20-13(12)23-2)14(22)10-8-9(15(17,18)19)5-6-11(10)16/h3-8H,1-2H3. The van der Waals surface area contributed by atoms with Crippen LogP contribution in [0.5, 0.6) is 5.88 Å². The summed E-state index contributed by atoms with van der Waals surface area (Å²) in [5.74, 6) is -1.90. The second kappa shape index (κ2) is 6.23. The van der Waals surface area contributed by atoms with Gasteiger partial charge in [-0.3, -0.25) is 4.79 Å². The van der Waals surface area contributed by atoms with Crippen LogP contribution in [0.2, 0.25) is 0 Å². The van der Waals surface area contributed by atoms with Crippen molar-refractivity contribution in [2.45, 2.75) is 6.18 Å².